The van der Waals surface area contributed by atoms with Crippen molar-refractivity contribution >= 4 is 34.6 Å². The molecule has 0 bridgehead atoms. The summed E-state index contributed by atoms with van der Waals surface area (Å²) < 4.78 is 0. The molecule has 1 saturated carbocycles. The lowest BCUT2D eigenvalue weighted by Crippen LogP contribution is -2.54. The highest BCUT2D eigenvalue weighted by atomic mass is 32.1. The van der Waals surface area contributed by atoms with E-state index in [0.29, 0.717) is 18.5 Å². The van der Waals surface area contributed by atoms with Gasteiger partial charge in [0, 0.05) is 5.38 Å². The van der Waals surface area contributed by atoms with Gasteiger partial charge in [-0.05, 0) is 30.7 Å². The molecule has 0 spiro atoms. The van der Waals surface area contributed by atoms with Crippen LogP contribution in [0.5, 0.6) is 0 Å². The minimum Gasteiger partial charge on any atom is -0.481 e. The van der Waals surface area contributed by atoms with Crippen molar-refractivity contribution in [2.75, 3.05) is 0 Å². The van der Waals surface area contributed by atoms with Crippen LogP contribution in [-0.2, 0) is 4.79 Å². The molecule has 2 N–H and O–H groups in total. The standard InChI is InChI=1S/C14H14N2O3S2/c17-11(18)7-14(4-2-5-14)16-12(19)9-8-21-13(15-9)10-3-1-6-20-10/h1,3,6,8H,2,4-5,7H2,(H,16,19)(H,17,18). The molecule has 2 heterocycles. The van der Waals surface area contributed by atoms with Gasteiger partial charge in [-0.25, -0.2) is 4.98 Å². The van der Waals surface area contributed by atoms with Gasteiger partial charge in [0.05, 0.1) is 16.8 Å². The van der Waals surface area contributed by atoms with Crippen LogP contribution >= 0.6 is 22.7 Å². The molecule has 0 unspecified atom stereocenters. The third kappa shape index (κ3) is 2.98. The molecule has 5 nitrogen and oxygen atoms in total. The van der Waals surface area contributed by atoms with Crippen molar-refractivity contribution in [3.63, 3.8) is 0 Å². The van der Waals surface area contributed by atoms with Crippen molar-refractivity contribution in [3.05, 3.63) is 28.6 Å². The lowest BCUT2D eigenvalue weighted by Gasteiger charge is -2.41. The topological polar surface area (TPSA) is 79.3 Å². The quantitative estimate of drug-likeness (QED) is 0.887. The highest BCUT2D eigenvalue weighted by Gasteiger charge is 2.40. The van der Waals surface area contributed by atoms with Gasteiger partial charge in [-0.15, -0.1) is 22.7 Å². The Morgan fingerprint density at radius 2 is 2.19 bits per heavy atom. The molecule has 110 valence electrons. The van der Waals surface area contributed by atoms with Crippen LogP contribution in [0.2, 0.25) is 0 Å². The Balaban J connectivity index is 1.72. The number of carbonyl (C=O) groups is 2. The monoisotopic (exact) mass is 322 g/mol. The van der Waals surface area contributed by atoms with Crippen LogP contribution in [0, 0.1) is 0 Å². The van der Waals surface area contributed by atoms with Crippen molar-refractivity contribution in [1.82, 2.24) is 10.3 Å². The molecule has 0 saturated heterocycles. The van der Waals surface area contributed by atoms with E-state index in [1.54, 1.807) is 16.7 Å². The molecule has 0 atom stereocenters. The summed E-state index contributed by atoms with van der Waals surface area (Å²) in [5.41, 5.74) is -0.226. The van der Waals surface area contributed by atoms with Crippen LogP contribution in [0.1, 0.15) is 36.2 Å². The van der Waals surface area contributed by atoms with E-state index in [4.69, 9.17) is 5.11 Å². The molecule has 0 aliphatic heterocycles. The molecule has 1 aliphatic rings. The number of hydrogen-bond acceptors (Lipinski definition) is 5. The number of carbonyl (C=O) groups excluding carboxylic acids is 1. The van der Waals surface area contributed by atoms with E-state index in [9.17, 15) is 9.59 Å². The predicted molar refractivity (Wildman–Crippen MR) is 81.7 cm³/mol. The molecule has 0 aromatic carbocycles. The van der Waals surface area contributed by atoms with Gasteiger partial charge in [-0.1, -0.05) is 6.07 Å². The normalized spacial score (nSPS) is 16.2. The third-order valence-corrected chi connectivity index (χ3v) is 5.53. The summed E-state index contributed by atoms with van der Waals surface area (Å²) in [5, 5.41) is 16.3. The highest BCUT2D eigenvalue weighted by molar-refractivity contribution is 7.20. The summed E-state index contributed by atoms with van der Waals surface area (Å²) in [6.07, 6.45) is 2.35. The van der Waals surface area contributed by atoms with Crippen molar-refractivity contribution in [2.24, 2.45) is 0 Å². The molecule has 1 amide bonds. The number of rotatable bonds is 5. The molecule has 2 aromatic rings. The van der Waals surface area contributed by atoms with Crippen molar-refractivity contribution in [3.8, 4) is 9.88 Å². The molecule has 0 radical (unpaired) electrons. The second-order valence-electron chi connectivity index (χ2n) is 5.17. The Kier molecular flexibility index (Phi) is 3.77. The van der Waals surface area contributed by atoms with Crippen LogP contribution in [0.15, 0.2) is 22.9 Å². The van der Waals surface area contributed by atoms with Crippen molar-refractivity contribution in [2.45, 2.75) is 31.2 Å². The molecular weight excluding hydrogens is 308 g/mol. The zero-order valence-electron chi connectivity index (χ0n) is 11.2. The number of nitrogens with one attached hydrogen (secondary N) is 1. The van der Waals surface area contributed by atoms with Crippen LogP contribution in [-0.4, -0.2) is 27.5 Å². The minimum atomic E-state index is -0.882. The molecule has 2 aromatic heterocycles. The van der Waals surface area contributed by atoms with Crippen molar-refractivity contribution in [1.29, 1.82) is 0 Å². The van der Waals surface area contributed by atoms with Crippen molar-refractivity contribution < 1.29 is 14.7 Å². The first-order valence-electron chi connectivity index (χ1n) is 6.62. The van der Waals surface area contributed by atoms with Gasteiger partial charge in [0.15, 0.2) is 0 Å². The SMILES string of the molecule is O=C(O)CC1(NC(=O)c2csc(-c3cccs3)n2)CCC1. The fourth-order valence-corrected chi connectivity index (χ4v) is 4.05. The molecule has 1 fully saturated rings. The van der Waals surface area contributed by atoms with E-state index in [2.05, 4.69) is 10.3 Å². The van der Waals surface area contributed by atoms with Gasteiger partial charge < -0.3 is 10.4 Å². The number of thiophene rings is 1. The van der Waals surface area contributed by atoms with E-state index >= 15 is 0 Å². The van der Waals surface area contributed by atoms with Gasteiger partial charge in [0.25, 0.3) is 5.91 Å². The Labute approximate surface area is 129 Å². The molecule has 7 heteroatoms. The fraction of sp³-hybridized carbons (Fsp3) is 0.357. The zero-order chi connectivity index (χ0) is 14.9. The van der Waals surface area contributed by atoms with Crippen LogP contribution in [0.4, 0.5) is 0 Å². The van der Waals surface area contributed by atoms with Gasteiger partial charge in [0.2, 0.25) is 0 Å². The fourth-order valence-electron chi connectivity index (χ4n) is 2.44. The average molecular weight is 322 g/mol. The second kappa shape index (κ2) is 5.57. The first-order valence-corrected chi connectivity index (χ1v) is 8.38. The number of aliphatic carboxylic acids is 1. The summed E-state index contributed by atoms with van der Waals surface area (Å²) in [5.74, 6) is -1.16. The summed E-state index contributed by atoms with van der Waals surface area (Å²) in [6.45, 7) is 0. The van der Waals surface area contributed by atoms with Gasteiger partial charge >= 0.3 is 5.97 Å². The smallest absolute Gasteiger partial charge is 0.305 e. The number of carboxylic acids is 1. The Hall–Kier alpha value is -1.73. The zero-order valence-corrected chi connectivity index (χ0v) is 12.8. The van der Waals surface area contributed by atoms with Crippen LogP contribution in [0.25, 0.3) is 9.88 Å². The first-order chi connectivity index (χ1) is 10.1. The summed E-state index contributed by atoms with van der Waals surface area (Å²) in [6, 6.07) is 3.90. The third-order valence-electron chi connectivity index (χ3n) is 3.65. The number of amides is 1. The van der Waals surface area contributed by atoms with Crippen LogP contribution in [0.3, 0.4) is 0 Å². The number of aromatic nitrogens is 1. The maximum absolute atomic E-state index is 12.3. The maximum atomic E-state index is 12.3. The first kappa shape index (κ1) is 14.2. The highest BCUT2D eigenvalue weighted by Crippen LogP contribution is 2.35. The largest absolute Gasteiger partial charge is 0.481 e. The lowest BCUT2D eigenvalue weighted by molar-refractivity contribution is -0.139. The minimum absolute atomic E-state index is 0.0271. The Morgan fingerprint density at radius 1 is 1.38 bits per heavy atom. The maximum Gasteiger partial charge on any atom is 0.305 e. The van der Waals surface area contributed by atoms with Crippen LogP contribution < -0.4 is 5.32 Å². The molecule has 3 rings (SSSR count). The lowest BCUT2D eigenvalue weighted by atomic mass is 9.74. The van der Waals surface area contributed by atoms with E-state index in [0.717, 1.165) is 16.3 Å². The number of thiazole rings is 1. The molecule has 1 aliphatic carbocycles. The number of hydrogen-bond donors (Lipinski definition) is 2. The van der Waals surface area contributed by atoms with E-state index in [-0.39, 0.29) is 12.3 Å². The van der Waals surface area contributed by atoms with E-state index in [1.165, 1.54) is 11.3 Å². The van der Waals surface area contributed by atoms with Gasteiger partial charge in [-0.2, -0.15) is 0 Å². The summed E-state index contributed by atoms with van der Waals surface area (Å²) in [7, 11) is 0. The van der Waals surface area contributed by atoms with Gasteiger partial charge in [0.1, 0.15) is 10.7 Å². The van der Waals surface area contributed by atoms with Gasteiger partial charge in [-0.3, -0.25) is 9.59 Å². The second-order valence-corrected chi connectivity index (χ2v) is 6.98. The predicted octanol–water partition coefficient (Wildman–Crippen LogP) is 3.00. The summed E-state index contributed by atoms with van der Waals surface area (Å²) >= 11 is 3.00. The number of nitrogens with zero attached hydrogens (tertiary/aromatic N) is 1. The molecule has 21 heavy (non-hydrogen) atoms. The Bertz CT molecular complexity index is 660. The molecular formula is C14H14N2O3S2. The number of carboxylic acid groups (broad SMARTS) is 1. The Morgan fingerprint density at radius 3 is 2.76 bits per heavy atom. The summed E-state index contributed by atoms with van der Waals surface area (Å²) in [4.78, 5) is 28.6. The van der Waals surface area contributed by atoms with E-state index in [1.807, 2.05) is 17.5 Å². The average Bonchev–Trinajstić information content (AvgIpc) is 3.05. The van der Waals surface area contributed by atoms with E-state index < -0.39 is 11.5 Å².